The van der Waals surface area contributed by atoms with Gasteiger partial charge in [0, 0.05) is 39.6 Å². The van der Waals surface area contributed by atoms with Crippen LogP contribution in [0.4, 0.5) is 0 Å². The van der Waals surface area contributed by atoms with Gasteiger partial charge in [0.05, 0.1) is 18.3 Å². The fourth-order valence-corrected chi connectivity index (χ4v) is 0.961. The molecule has 0 aliphatic carbocycles. The number of hydrogen-bond acceptors (Lipinski definition) is 11. The summed E-state index contributed by atoms with van der Waals surface area (Å²) in [5.74, 6) is 0. The van der Waals surface area contributed by atoms with E-state index in [1.807, 2.05) is 0 Å². The Bertz CT molecular complexity index is 188. The summed E-state index contributed by atoms with van der Waals surface area (Å²) in [4.78, 5) is 0. The van der Waals surface area contributed by atoms with Crippen molar-refractivity contribution in [3.8, 4) is 0 Å². The van der Waals surface area contributed by atoms with Gasteiger partial charge in [-0.1, -0.05) is 0 Å². The molecule has 0 spiro atoms. The molecule has 11 nitrogen and oxygen atoms in total. The summed E-state index contributed by atoms with van der Waals surface area (Å²) in [6.07, 6.45) is -1.82. The predicted molar refractivity (Wildman–Crippen MR) is 100 cm³/mol. The first-order valence-corrected chi connectivity index (χ1v) is 7.32. The fraction of sp³-hybridized carbons (Fsp3) is 0.529. The smallest absolute Gasteiger partial charge is 0.0946 e. The van der Waals surface area contributed by atoms with Crippen molar-refractivity contribution in [2.24, 2.45) is 0 Å². The molecule has 36 heavy (non-hydrogen) atoms. The van der Waals surface area contributed by atoms with Crippen LogP contribution in [0.5, 0.6) is 0 Å². The Labute approximate surface area is 169 Å². The minimum absolute atomic E-state index is 0. The molecular formula is C17H36O11Rf8-8. The number of ether oxygens (including phenoxy) is 6. The van der Waals surface area contributed by atoms with Crippen LogP contribution in [0.1, 0.15) is 0 Å². The zero-order valence-electron chi connectivity index (χ0n) is 22.0. The molecular weight excluding hydrogens is 2520 g/mol. The standard InChI is InChI=1S/3C5H10O3.2CH3O.8Rf/c3*1-7-3-5(6)4-8-2;2*1-2;;;;;;;;/h3*5-6H,1-4H2;2*2H,1H2;;;;;;;;/q3*-2;2*-1;;;;;;;;. The first-order valence-electron chi connectivity index (χ1n) is 7.32. The Balaban J connectivity index is -0.0000000169. The molecule has 0 bridgehead atoms. The Morgan fingerprint density at radius 3 is 0.472 bits per heavy atom. The largest absolute Gasteiger partial charge is 0.569 e. The molecule has 0 atom stereocenters. The summed E-state index contributed by atoms with van der Waals surface area (Å²) < 4.78 is 26.1. The summed E-state index contributed by atoms with van der Waals surface area (Å²) in [5.41, 5.74) is 0. The molecule has 0 saturated carbocycles. The Kier molecular flexibility index (Phi) is 280. The second-order valence-corrected chi connectivity index (χ2v) is 4.19. The van der Waals surface area contributed by atoms with Crippen molar-refractivity contribution in [1.82, 2.24) is 0 Å². The Morgan fingerprint density at radius 1 is 0.333 bits per heavy atom. The second kappa shape index (κ2) is 110. The van der Waals surface area contributed by atoms with E-state index in [1.54, 1.807) is 0 Å². The number of aliphatic hydroxyl groups excluding tert-OH is 5. The van der Waals surface area contributed by atoms with Gasteiger partial charge in [-0.2, -0.15) is 0 Å². The van der Waals surface area contributed by atoms with Gasteiger partial charge >= 0.3 is 0 Å². The van der Waals surface area contributed by atoms with Crippen molar-refractivity contribution in [3.63, 3.8) is 0 Å². The molecule has 19 heteroatoms. The number of hydrogen-bond donors (Lipinski definition) is 5. The molecule has 0 saturated heterocycles. The van der Waals surface area contributed by atoms with Crippen LogP contribution >= 0.6 is 0 Å². The van der Waals surface area contributed by atoms with E-state index in [4.69, 9.17) is 25.5 Å². The third-order valence-corrected chi connectivity index (χ3v) is 1.86. The molecule has 0 radical (unpaired) electrons. The van der Waals surface area contributed by atoms with Gasteiger partial charge in [0.1, 0.15) is 0 Å². The van der Waals surface area contributed by atoms with E-state index in [1.165, 1.54) is 0 Å². The van der Waals surface area contributed by atoms with E-state index in [0.717, 1.165) is 0 Å². The number of rotatable bonds is 12. The maximum Gasteiger partial charge on any atom is 0.0946 e. The van der Waals surface area contributed by atoms with Crippen molar-refractivity contribution in [3.05, 3.63) is 56.9 Å². The van der Waals surface area contributed by atoms with Gasteiger partial charge in [-0.3, -0.25) is 0 Å². The third kappa shape index (κ3) is 169. The summed E-state index contributed by atoms with van der Waals surface area (Å²) in [7, 11) is 22.9. The average Bonchev–Trinajstić information content (AvgIpc) is 2.67. The topological polar surface area (TPSA) is 157 Å². The zero-order valence-corrected chi connectivity index (χ0v) is 73.2. The molecule has 0 aromatic heterocycles. The van der Waals surface area contributed by atoms with Crippen molar-refractivity contribution in [2.45, 2.75) is 18.3 Å². The van der Waals surface area contributed by atoms with E-state index < -0.39 is 18.3 Å². The van der Waals surface area contributed by atoms with E-state index in [2.05, 4.69) is 85.3 Å². The summed E-state index contributed by atoms with van der Waals surface area (Å²) in [6, 6.07) is 0. The van der Waals surface area contributed by atoms with Gasteiger partial charge in [-0.15, -0.1) is 0 Å². The first kappa shape index (κ1) is 91.7. The van der Waals surface area contributed by atoms with Crippen molar-refractivity contribution >= 4 is 0 Å². The molecule has 194 valence electrons. The Morgan fingerprint density at radius 2 is 0.417 bits per heavy atom. The fourth-order valence-electron chi connectivity index (χ4n) is 0.961. The molecule has 0 aliphatic rings. The molecule has 0 aromatic rings. The van der Waals surface area contributed by atoms with E-state index in [9.17, 15) is 0 Å². The summed E-state index contributed by atoms with van der Waals surface area (Å²) >= 11 is 0. The molecule has 0 fully saturated rings. The van der Waals surface area contributed by atoms with Gasteiger partial charge in [-0.25, -0.2) is 56.9 Å². The monoisotopic (exact) mass is 2550 g/mol. The van der Waals surface area contributed by atoms with Gasteiger partial charge in [0.2, 0.25) is 0 Å². The minimum Gasteiger partial charge on any atom is -0.569 e. The molecule has 0 amide bonds. The van der Waals surface area contributed by atoms with E-state index in [0.29, 0.717) is 0 Å². The normalized spacial score (nSPS) is 7.33. The summed E-state index contributed by atoms with van der Waals surface area (Å²) in [6.45, 7) is 1.14. The van der Waals surface area contributed by atoms with Crippen molar-refractivity contribution < 1.29 is 54.0 Å². The van der Waals surface area contributed by atoms with Crippen LogP contribution in [0, 0.1) is 56.9 Å². The number of aliphatic hydroxyl groups is 5. The average molecular weight is 2550 g/mol. The van der Waals surface area contributed by atoms with Crippen LogP contribution in [0.15, 0.2) is 0 Å². The van der Waals surface area contributed by atoms with Crippen LogP contribution in [0.25, 0.3) is 0 Å². The molecule has 0 heterocycles. The van der Waals surface area contributed by atoms with Crippen LogP contribution in [0.2, 0.25) is 0 Å². The van der Waals surface area contributed by atoms with Gasteiger partial charge < -0.3 is 54.0 Å². The SMILES string of the molecule is [CH2-]O.[CH2-]O.[CH2-]OCC(O)CO[CH2-].[CH2-]OCC(O)CO[CH2-].[CH2-]OCC(O)CO[CH2-].[Rf].[Rf].[Rf].[Rf].[Rf].[Rf].[Rf].[Rf]. The van der Waals surface area contributed by atoms with E-state index in [-0.39, 0.29) is 39.6 Å². The van der Waals surface area contributed by atoms with Gasteiger partial charge in [-0.05, 0) is 0 Å². The predicted octanol–water partition coefficient (Wildman–Crippen LogP) is 0.192. The third-order valence-electron chi connectivity index (χ3n) is 1.86. The molecule has 0 aromatic carbocycles. The van der Waals surface area contributed by atoms with Gasteiger partial charge in [0.25, 0.3) is 0 Å². The van der Waals surface area contributed by atoms with Crippen LogP contribution in [0.3, 0.4) is 0 Å². The molecule has 0 aliphatic heterocycles. The first-order chi connectivity index (χ1) is 13.4. The quantitative estimate of drug-likeness (QED) is 0.170. The Hall–Kier alpha value is -8.44. The maximum atomic E-state index is 8.72. The maximum absolute atomic E-state index is 8.72. The van der Waals surface area contributed by atoms with Crippen molar-refractivity contribution in [2.75, 3.05) is 39.6 Å². The summed E-state index contributed by atoms with van der Waals surface area (Å²) in [5, 5.41) is 39.7. The van der Waals surface area contributed by atoms with Crippen LogP contribution < -0.4 is 0 Å². The minimum atomic E-state index is -0.606. The van der Waals surface area contributed by atoms with Crippen molar-refractivity contribution in [1.29, 1.82) is 0 Å². The molecule has 0 rings (SSSR count). The second-order valence-electron chi connectivity index (χ2n) is 4.19. The van der Waals surface area contributed by atoms with Crippen LogP contribution in [-0.2, 0) is 28.4 Å². The van der Waals surface area contributed by atoms with Gasteiger partial charge in [0.15, 0.2) is 0 Å². The zero-order chi connectivity index (χ0) is 23.2. The molecule has 0 unspecified atom stereocenters. The van der Waals surface area contributed by atoms with Crippen LogP contribution in [-0.4, -0.2) is 83.5 Å². The van der Waals surface area contributed by atoms with E-state index >= 15 is 0 Å². The molecule has 5 N–H and O–H groups in total.